The van der Waals surface area contributed by atoms with Crippen LogP contribution in [0.3, 0.4) is 0 Å². The van der Waals surface area contributed by atoms with Crippen LogP contribution in [0, 0.1) is 18.3 Å². The Hall–Kier alpha value is -1.86. The summed E-state index contributed by atoms with van der Waals surface area (Å²) in [6.07, 6.45) is 3.40. The molecule has 2 heterocycles. The van der Waals surface area contributed by atoms with Crippen LogP contribution in [0.25, 0.3) is 5.70 Å². The third kappa shape index (κ3) is 7.43. The Labute approximate surface area is 185 Å². The molecule has 2 rings (SSSR count). The van der Waals surface area contributed by atoms with E-state index in [2.05, 4.69) is 41.1 Å². The number of piperidine rings is 1. The van der Waals surface area contributed by atoms with Gasteiger partial charge in [0.15, 0.2) is 0 Å². The highest BCUT2D eigenvalue weighted by molar-refractivity contribution is 6.73. The first-order valence-corrected chi connectivity index (χ1v) is 11.1. The Morgan fingerprint density at radius 1 is 1.47 bits per heavy atom. The van der Waals surface area contributed by atoms with Gasteiger partial charge in [0.25, 0.3) is 5.91 Å². The average molecular weight is 438 g/mol. The lowest BCUT2D eigenvalue weighted by Crippen LogP contribution is -2.42. The molecule has 30 heavy (non-hydrogen) atoms. The van der Waals surface area contributed by atoms with Crippen LogP contribution in [0.4, 0.5) is 0 Å². The van der Waals surface area contributed by atoms with Crippen molar-refractivity contribution in [3.05, 3.63) is 23.1 Å². The highest BCUT2D eigenvalue weighted by atomic mass is 35.5. The fraction of sp³-hybridized carbons (Fsp3) is 0.682. The molecule has 1 amide bonds. The summed E-state index contributed by atoms with van der Waals surface area (Å²) >= 11 is 6.31. The summed E-state index contributed by atoms with van der Waals surface area (Å²) in [4.78, 5) is 19.6. The number of likely N-dealkylation sites (tertiary alicyclic amines) is 1. The number of aliphatic imine (C=N–C) groups is 1. The second kappa shape index (κ2) is 11.0. The van der Waals surface area contributed by atoms with Crippen molar-refractivity contribution < 1.29 is 9.32 Å². The van der Waals surface area contributed by atoms with Gasteiger partial charge >= 0.3 is 0 Å². The van der Waals surface area contributed by atoms with E-state index in [1.165, 1.54) is 0 Å². The van der Waals surface area contributed by atoms with Crippen molar-refractivity contribution >= 4 is 28.4 Å². The lowest BCUT2D eigenvalue weighted by Gasteiger charge is -2.34. The van der Waals surface area contributed by atoms with Gasteiger partial charge in [0.2, 0.25) is 0 Å². The third-order valence-corrected chi connectivity index (χ3v) is 5.54. The number of rotatable bonds is 8. The first-order chi connectivity index (χ1) is 14.1. The molecule has 1 aliphatic rings. The van der Waals surface area contributed by atoms with E-state index in [9.17, 15) is 4.79 Å². The summed E-state index contributed by atoms with van der Waals surface area (Å²) in [5.74, 6) is 0.678. The largest absolute Gasteiger partial charge is 0.396 e. The van der Waals surface area contributed by atoms with Gasteiger partial charge in [-0.25, -0.2) is 0 Å². The smallest absolute Gasteiger partial charge is 0.256 e. The Morgan fingerprint density at radius 3 is 2.80 bits per heavy atom. The number of hydrogen-bond donors (Lipinski definition) is 2. The monoisotopic (exact) mass is 437 g/mol. The molecule has 0 aromatic carbocycles. The van der Waals surface area contributed by atoms with E-state index < -0.39 is 0 Å². The molecule has 7 nitrogen and oxygen atoms in total. The number of carbonyl (C=O) groups excluding carboxylic acids is 1. The van der Waals surface area contributed by atoms with Crippen LogP contribution in [0.5, 0.6) is 0 Å². The normalized spacial score (nSPS) is 19.5. The maximum atomic E-state index is 13.0. The number of aryl methyl sites for hydroxylation is 1. The lowest BCUT2D eigenvalue weighted by atomic mass is 9.91. The maximum absolute atomic E-state index is 13.0. The van der Waals surface area contributed by atoms with Gasteiger partial charge < -0.3 is 20.5 Å². The molecule has 0 saturated carbocycles. The topological polar surface area (TPSA) is 96.8 Å². The number of aromatic nitrogens is 1. The van der Waals surface area contributed by atoms with E-state index in [1.54, 1.807) is 13.0 Å². The number of nitrogens with one attached hydrogen (secondary N) is 1. The van der Waals surface area contributed by atoms with Crippen molar-refractivity contribution in [3.63, 3.8) is 0 Å². The van der Waals surface area contributed by atoms with Gasteiger partial charge in [-0.1, -0.05) is 37.5 Å². The van der Waals surface area contributed by atoms with Gasteiger partial charge in [-0.05, 0) is 57.5 Å². The predicted octanol–water partition coefficient (Wildman–Crippen LogP) is 3.57. The number of halogens is 1. The Kier molecular flexibility index (Phi) is 8.92. The zero-order chi connectivity index (χ0) is 22.3. The summed E-state index contributed by atoms with van der Waals surface area (Å²) < 4.78 is 5.08. The summed E-state index contributed by atoms with van der Waals surface area (Å²) in [5, 5.41) is 7.01. The lowest BCUT2D eigenvalue weighted by molar-refractivity contribution is -0.117. The fourth-order valence-electron chi connectivity index (χ4n) is 3.51. The number of nitrogens with zero attached hydrogens (tertiary/aromatic N) is 3. The van der Waals surface area contributed by atoms with Crippen LogP contribution in [0.2, 0.25) is 0 Å². The molecule has 1 aromatic rings. The van der Waals surface area contributed by atoms with E-state index in [0.717, 1.165) is 38.9 Å². The molecule has 8 heteroatoms. The van der Waals surface area contributed by atoms with Crippen molar-refractivity contribution in [3.8, 4) is 0 Å². The summed E-state index contributed by atoms with van der Waals surface area (Å²) in [6, 6.07) is 1.67. The van der Waals surface area contributed by atoms with Crippen LogP contribution >= 0.6 is 11.6 Å². The fourth-order valence-corrected chi connectivity index (χ4v) is 3.81. The minimum absolute atomic E-state index is 0.0867. The van der Waals surface area contributed by atoms with E-state index in [1.807, 2.05) is 6.92 Å². The quantitative estimate of drug-likeness (QED) is 0.478. The molecule has 1 aliphatic heterocycles. The molecule has 0 aliphatic carbocycles. The van der Waals surface area contributed by atoms with Crippen LogP contribution in [0.1, 0.15) is 58.4 Å². The van der Waals surface area contributed by atoms with Crippen molar-refractivity contribution in [2.24, 2.45) is 22.1 Å². The van der Waals surface area contributed by atoms with Crippen LogP contribution in [-0.2, 0) is 4.79 Å². The van der Waals surface area contributed by atoms with Crippen molar-refractivity contribution in [2.75, 3.05) is 32.7 Å². The molecule has 0 spiro atoms. The van der Waals surface area contributed by atoms with E-state index in [4.69, 9.17) is 21.9 Å². The molecule has 1 fully saturated rings. The molecular formula is C22H36ClN5O2. The molecule has 168 valence electrons. The van der Waals surface area contributed by atoms with Crippen molar-refractivity contribution in [2.45, 2.75) is 53.9 Å². The molecular weight excluding hydrogens is 402 g/mol. The first kappa shape index (κ1) is 24.4. The van der Waals surface area contributed by atoms with E-state index in [-0.39, 0.29) is 22.3 Å². The standard InChI is InChI=1S/C22H36ClN5O2/c1-6-25-20(23)18(19(24)17-12-15(2)30-27-17)21(29)26-13-16-8-7-10-28(14-16)11-9-22(3,4)5/h12,16H,6-11,13-14,24H2,1-5H3,(H,26,29)/b19-18+,25-20?. The third-order valence-electron chi connectivity index (χ3n) is 5.24. The highest BCUT2D eigenvalue weighted by Gasteiger charge is 2.25. The predicted molar refractivity (Wildman–Crippen MR) is 122 cm³/mol. The number of hydrogen-bond acceptors (Lipinski definition) is 6. The molecule has 0 bridgehead atoms. The Balaban J connectivity index is 2.04. The molecule has 1 unspecified atom stereocenters. The van der Waals surface area contributed by atoms with Gasteiger partial charge in [-0.3, -0.25) is 9.79 Å². The van der Waals surface area contributed by atoms with E-state index in [0.29, 0.717) is 35.9 Å². The summed E-state index contributed by atoms with van der Waals surface area (Å²) in [6.45, 7) is 14.7. The van der Waals surface area contributed by atoms with Crippen molar-refractivity contribution in [1.29, 1.82) is 0 Å². The number of amides is 1. The van der Waals surface area contributed by atoms with Gasteiger partial charge in [0.1, 0.15) is 22.2 Å². The molecule has 1 saturated heterocycles. The second-order valence-corrected chi connectivity index (χ2v) is 9.56. The average Bonchev–Trinajstić information content (AvgIpc) is 3.11. The van der Waals surface area contributed by atoms with Crippen LogP contribution in [0.15, 0.2) is 21.2 Å². The minimum atomic E-state index is -0.331. The molecule has 1 atom stereocenters. The number of nitrogens with two attached hydrogens (primary N) is 1. The Morgan fingerprint density at radius 2 is 2.20 bits per heavy atom. The zero-order valence-corrected chi connectivity index (χ0v) is 19.7. The van der Waals surface area contributed by atoms with Gasteiger partial charge in [0.05, 0.1) is 5.70 Å². The second-order valence-electron chi connectivity index (χ2n) is 9.21. The molecule has 3 N–H and O–H groups in total. The zero-order valence-electron chi connectivity index (χ0n) is 18.9. The van der Waals surface area contributed by atoms with Crippen LogP contribution in [-0.4, -0.2) is 53.9 Å². The SMILES string of the molecule is CCN=C(Cl)/C(C(=O)NCC1CCCN(CCC(C)(C)C)C1)=C(\N)c1cc(C)on1. The Bertz CT molecular complexity index is 779. The summed E-state index contributed by atoms with van der Waals surface area (Å²) in [7, 11) is 0. The maximum Gasteiger partial charge on any atom is 0.256 e. The van der Waals surface area contributed by atoms with Gasteiger partial charge in [0, 0.05) is 25.7 Å². The highest BCUT2D eigenvalue weighted by Crippen LogP contribution is 2.22. The first-order valence-electron chi connectivity index (χ1n) is 10.7. The number of carbonyl (C=O) groups is 1. The van der Waals surface area contributed by atoms with E-state index >= 15 is 0 Å². The minimum Gasteiger partial charge on any atom is -0.396 e. The van der Waals surface area contributed by atoms with Gasteiger partial charge in [-0.15, -0.1) is 0 Å². The molecule has 1 aromatic heterocycles. The summed E-state index contributed by atoms with van der Waals surface area (Å²) in [5.41, 5.74) is 7.24. The van der Waals surface area contributed by atoms with Crippen LogP contribution < -0.4 is 11.1 Å². The van der Waals surface area contributed by atoms with Gasteiger partial charge in [-0.2, -0.15) is 0 Å². The van der Waals surface area contributed by atoms with Crippen molar-refractivity contribution in [1.82, 2.24) is 15.4 Å². The molecule has 0 radical (unpaired) electrons.